The summed E-state index contributed by atoms with van der Waals surface area (Å²) in [6, 6.07) is 12.6. The Bertz CT molecular complexity index is 972. The van der Waals surface area contributed by atoms with Gasteiger partial charge in [0.2, 0.25) is 10.0 Å². The fourth-order valence-electron chi connectivity index (χ4n) is 3.58. The summed E-state index contributed by atoms with van der Waals surface area (Å²) in [6.07, 6.45) is 4.05. The molecule has 0 amide bonds. The van der Waals surface area contributed by atoms with E-state index in [1.54, 1.807) is 34.6 Å². The van der Waals surface area contributed by atoms with Crippen LogP contribution >= 0.6 is 11.6 Å². The second kappa shape index (κ2) is 8.15. The summed E-state index contributed by atoms with van der Waals surface area (Å²) in [5.74, 6) is 1.41. The van der Waals surface area contributed by atoms with Crippen molar-refractivity contribution >= 4 is 27.7 Å². The maximum atomic E-state index is 13.0. The van der Waals surface area contributed by atoms with E-state index in [0.29, 0.717) is 30.5 Å². The number of nitrogens with zero attached hydrogens (tertiary/aromatic N) is 1. The Labute approximate surface area is 170 Å². The molecule has 1 fully saturated rings. The first-order chi connectivity index (χ1) is 13.5. The van der Waals surface area contributed by atoms with Crippen LogP contribution in [0.15, 0.2) is 47.9 Å². The Morgan fingerprint density at radius 1 is 1.00 bits per heavy atom. The molecule has 28 heavy (non-hydrogen) atoms. The highest BCUT2D eigenvalue weighted by molar-refractivity contribution is 7.92. The third-order valence-electron chi connectivity index (χ3n) is 4.99. The quantitative estimate of drug-likeness (QED) is 0.724. The Balaban J connectivity index is 1.57. The number of hydrogen-bond donors (Lipinski definition) is 0. The van der Waals surface area contributed by atoms with Gasteiger partial charge in [-0.05, 0) is 54.3 Å². The standard InChI is InChI=1S/C21H22ClNO4S/c22-18-7-4-16(5-8-18)10-14-28(24,25)23-11-1-3-19(23)17-6-9-20-21(15-17)27-13-2-12-26-20/h4-10,14-15,19H,1-3,11-13H2/b14-10+. The Kier molecular flexibility index (Phi) is 5.62. The first-order valence-corrected chi connectivity index (χ1v) is 11.3. The largest absolute Gasteiger partial charge is 0.490 e. The molecule has 2 aromatic carbocycles. The number of sulfonamides is 1. The van der Waals surface area contributed by atoms with Crippen molar-refractivity contribution in [3.8, 4) is 11.5 Å². The zero-order valence-electron chi connectivity index (χ0n) is 15.4. The van der Waals surface area contributed by atoms with Crippen LogP contribution in [0.2, 0.25) is 5.02 Å². The number of halogens is 1. The number of fused-ring (bicyclic) bond motifs is 1. The van der Waals surface area contributed by atoms with Crippen LogP contribution in [0.5, 0.6) is 11.5 Å². The molecule has 7 heteroatoms. The molecule has 0 saturated carbocycles. The van der Waals surface area contributed by atoms with Crippen molar-refractivity contribution in [3.63, 3.8) is 0 Å². The van der Waals surface area contributed by atoms with E-state index in [1.165, 1.54) is 5.41 Å². The third kappa shape index (κ3) is 4.19. The molecule has 4 rings (SSSR count). The maximum absolute atomic E-state index is 13.0. The molecule has 2 aliphatic rings. The summed E-state index contributed by atoms with van der Waals surface area (Å²) < 4.78 is 38.9. The highest BCUT2D eigenvalue weighted by atomic mass is 35.5. The summed E-state index contributed by atoms with van der Waals surface area (Å²) in [4.78, 5) is 0. The molecule has 0 bridgehead atoms. The van der Waals surface area contributed by atoms with Crippen molar-refractivity contribution in [1.82, 2.24) is 4.31 Å². The average molecular weight is 420 g/mol. The van der Waals surface area contributed by atoms with Crippen molar-refractivity contribution in [1.29, 1.82) is 0 Å². The lowest BCUT2D eigenvalue weighted by Gasteiger charge is -2.23. The molecular formula is C21H22ClNO4S. The minimum Gasteiger partial charge on any atom is -0.490 e. The van der Waals surface area contributed by atoms with E-state index in [2.05, 4.69) is 0 Å². The Morgan fingerprint density at radius 2 is 1.75 bits per heavy atom. The van der Waals surface area contributed by atoms with Crippen LogP contribution in [0.25, 0.3) is 6.08 Å². The van der Waals surface area contributed by atoms with Crippen molar-refractivity contribution in [2.75, 3.05) is 19.8 Å². The lowest BCUT2D eigenvalue weighted by atomic mass is 10.0. The normalized spacial score (nSPS) is 20.4. The van der Waals surface area contributed by atoms with Crippen LogP contribution in [0, 0.1) is 0 Å². The second-order valence-corrected chi connectivity index (χ2v) is 9.13. The molecule has 0 aromatic heterocycles. The number of ether oxygens (including phenoxy) is 2. The molecule has 2 aromatic rings. The van der Waals surface area contributed by atoms with Crippen molar-refractivity contribution in [2.24, 2.45) is 0 Å². The summed E-state index contributed by atoms with van der Waals surface area (Å²) in [5, 5.41) is 1.89. The Morgan fingerprint density at radius 3 is 2.54 bits per heavy atom. The second-order valence-electron chi connectivity index (χ2n) is 6.92. The van der Waals surface area contributed by atoms with Gasteiger partial charge in [-0.15, -0.1) is 0 Å². The van der Waals surface area contributed by atoms with E-state index >= 15 is 0 Å². The summed E-state index contributed by atoms with van der Waals surface area (Å²) >= 11 is 5.88. The van der Waals surface area contributed by atoms with Gasteiger partial charge in [-0.25, -0.2) is 8.42 Å². The monoisotopic (exact) mass is 419 g/mol. The maximum Gasteiger partial charge on any atom is 0.236 e. The van der Waals surface area contributed by atoms with Gasteiger partial charge in [0.1, 0.15) is 0 Å². The minimum atomic E-state index is -3.55. The molecular weight excluding hydrogens is 398 g/mol. The molecule has 0 N–H and O–H groups in total. The smallest absolute Gasteiger partial charge is 0.236 e. The highest BCUT2D eigenvalue weighted by Gasteiger charge is 2.34. The van der Waals surface area contributed by atoms with Gasteiger partial charge in [0.05, 0.1) is 19.3 Å². The van der Waals surface area contributed by atoms with Crippen LogP contribution in [0.3, 0.4) is 0 Å². The molecule has 1 unspecified atom stereocenters. The number of hydrogen-bond acceptors (Lipinski definition) is 4. The van der Waals surface area contributed by atoms with Crippen LogP contribution in [-0.2, 0) is 10.0 Å². The molecule has 2 heterocycles. The Hall–Kier alpha value is -2.02. The van der Waals surface area contributed by atoms with Gasteiger partial charge >= 0.3 is 0 Å². The number of rotatable bonds is 4. The lowest BCUT2D eigenvalue weighted by Crippen LogP contribution is -2.28. The van der Waals surface area contributed by atoms with Gasteiger partial charge in [0.15, 0.2) is 11.5 Å². The zero-order chi connectivity index (χ0) is 19.6. The van der Waals surface area contributed by atoms with E-state index in [9.17, 15) is 8.42 Å². The topological polar surface area (TPSA) is 55.8 Å². The number of benzene rings is 2. The summed E-state index contributed by atoms with van der Waals surface area (Å²) in [6.45, 7) is 1.74. The van der Waals surface area contributed by atoms with Crippen molar-refractivity contribution < 1.29 is 17.9 Å². The van der Waals surface area contributed by atoms with Gasteiger partial charge in [-0.1, -0.05) is 29.8 Å². The summed E-state index contributed by atoms with van der Waals surface area (Å²) in [5.41, 5.74) is 1.73. The van der Waals surface area contributed by atoms with E-state index in [-0.39, 0.29) is 6.04 Å². The molecule has 0 spiro atoms. The van der Waals surface area contributed by atoms with Crippen LogP contribution in [-0.4, -0.2) is 32.5 Å². The SMILES string of the molecule is O=S(=O)(/C=C/c1ccc(Cl)cc1)N1CCCC1c1ccc2c(c1)OCCCO2. The third-order valence-corrected chi connectivity index (χ3v) is 6.81. The van der Waals surface area contributed by atoms with Crippen LogP contribution < -0.4 is 9.47 Å². The minimum absolute atomic E-state index is 0.197. The van der Waals surface area contributed by atoms with E-state index < -0.39 is 10.0 Å². The molecule has 148 valence electrons. The lowest BCUT2D eigenvalue weighted by molar-refractivity contribution is 0.296. The van der Waals surface area contributed by atoms with Crippen LogP contribution in [0.1, 0.15) is 36.4 Å². The molecule has 0 radical (unpaired) electrons. The molecule has 5 nitrogen and oxygen atoms in total. The van der Waals surface area contributed by atoms with E-state index in [1.807, 2.05) is 18.2 Å². The molecule has 2 aliphatic heterocycles. The molecule has 0 aliphatic carbocycles. The van der Waals surface area contributed by atoms with Gasteiger partial charge < -0.3 is 9.47 Å². The average Bonchev–Trinajstić information content (AvgIpc) is 3.08. The predicted molar refractivity (Wildman–Crippen MR) is 110 cm³/mol. The van der Waals surface area contributed by atoms with Gasteiger partial charge in [-0.3, -0.25) is 0 Å². The zero-order valence-corrected chi connectivity index (χ0v) is 17.0. The van der Waals surface area contributed by atoms with Gasteiger partial charge in [0, 0.05) is 23.4 Å². The van der Waals surface area contributed by atoms with Crippen molar-refractivity contribution in [3.05, 3.63) is 64.0 Å². The first kappa shape index (κ1) is 19.3. The van der Waals surface area contributed by atoms with Gasteiger partial charge in [0.25, 0.3) is 0 Å². The van der Waals surface area contributed by atoms with E-state index in [0.717, 1.165) is 36.1 Å². The fraction of sp³-hybridized carbons (Fsp3) is 0.333. The van der Waals surface area contributed by atoms with Crippen LogP contribution in [0.4, 0.5) is 0 Å². The first-order valence-electron chi connectivity index (χ1n) is 9.38. The fourth-order valence-corrected chi connectivity index (χ4v) is 5.16. The molecule has 1 atom stereocenters. The summed E-state index contributed by atoms with van der Waals surface area (Å²) in [7, 11) is -3.55. The molecule has 1 saturated heterocycles. The van der Waals surface area contributed by atoms with Crippen molar-refractivity contribution in [2.45, 2.75) is 25.3 Å². The van der Waals surface area contributed by atoms with Gasteiger partial charge in [-0.2, -0.15) is 4.31 Å². The van der Waals surface area contributed by atoms with E-state index in [4.69, 9.17) is 21.1 Å². The predicted octanol–water partition coefficient (Wildman–Crippen LogP) is 4.64. The highest BCUT2D eigenvalue weighted by Crippen LogP contribution is 2.39.